The molecular weight excluding hydrogens is 447 g/mol. The van der Waals surface area contributed by atoms with Gasteiger partial charge in [0.15, 0.2) is 0 Å². The molecular formula is C24H22Cl2N4O2. The Kier molecular flexibility index (Phi) is 6.72. The van der Waals surface area contributed by atoms with E-state index in [1.54, 1.807) is 42.4 Å². The number of nitrogens with one attached hydrogen (secondary N) is 1. The van der Waals surface area contributed by atoms with E-state index in [0.717, 1.165) is 35.3 Å². The lowest BCUT2D eigenvalue weighted by atomic mass is 10.1. The average molecular weight is 469 g/mol. The molecule has 2 aromatic heterocycles. The molecule has 0 unspecified atom stereocenters. The van der Waals surface area contributed by atoms with Gasteiger partial charge in [-0.2, -0.15) is 0 Å². The molecule has 0 atom stereocenters. The third-order valence-corrected chi connectivity index (χ3v) is 5.78. The van der Waals surface area contributed by atoms with Crippen LogP contribution in [0.25, 0.3) is 11.3 Å². The second-order valence-electron chi connectivity index (χ2n) is 7.89. The van der Waals surface area contributed by atoms with Crippen molar-refractivity contribution in [3.63, 3.8) is 0 Å². The fraction of sp³-hybridized carbons (Fsp3) is 0.250. The van der Waals surface area contributed by atoms with Crippen LogP contribution in [-0.4, -0.2) is 28.3 Å². The van der Waals surface area contributed by atoms with Gasteiger partial charge in [-0.05, 0) is 54.7 Å². The molecule has 0 spiro atoms. The normalized spacial score (nSPS) is 13.0. The van der Waals surface area contributed by atoms with Crippen molar-refractivity contribution in [2.75, 3.05) is 16.8 Å². The third-order valence-electron chi connectivity index (χ3n) is 5.25. The number of hydrogen-bond acceptors (Lipinski definition) is 4. The van der Waals surface area contributed by atoms with Gasteiger partial charge in [-0.1, -0.05) is 35.3 Å². The van der Waals surface area contributed by atoms with E-state index < -0.39 is 0 Å². The van der Waals surface area contributed by atoms with Crippen molar-refractivity contribution in [1.29, 1.82) is 0 Å². The van der Waals surface area contributed by atoms with Gasteiger partial charge < -0.3 is 10.2 Å². The Balaban J connectivity index is 1.43. The maximum atomic E-state index is 12.3. The van der Waals surface area contributed by atoms with Crippen LogP contribution in [0.15, 0.2) is 54.9 Å². The van der Waals surface area contributed by atoms with Gasteiger partial charge in [0.2, 0.25) is 11.8 Å². The Morgan fingerprint density at radius 3 is 2.47 bits per heavy atom. The van der Waals surface area contributed by atoms with Crippen molar-refractivity contribution in [3.05, 3.63) is 70.6 Å². The summed E-state index contributed by atoms with van der Waals surface area (Å²) < 4.78 is 0. The highest BCUT2D eigenvalue weighted by molar-refractivity contribution is 6.34. The van der Waals surface area contributed by atoms with E-state index in [1.165, 1.54) is 0 Å². The summed E-state index contributed by atoms with van der Waals surface area (Å²) in [4.78, 5) is 34.5. The van der Waals surface area contributed by atoms with Gasteiger partial charge in [0.25, 0.3) is 0 Å². The second kappa shape index (κ2) is 9.67. The zero-order valence-corrected chi connectivity index (χ0v) is 19.0. The lowest BCUT2D eigenvalue weighted by molar-refractivity contribution is -0.117. The quantitative estimate of drug-likeness (QED) is 0.471. The maximum absolute atomic E-state index is 12.3. The van der Waals surface area contributed by atoms with Crippen LogP contribution >= 0.6 is 23.2 Å². The summed E-state index contributed by atoms with van der Waals surface area (Å²) in [6.45, 7) is 2.26. The summed E-state index contributed by atoms with van der Waals surface area (Å²) in [7, 11) is 0. The van der Waals surface area contributed by atoms with E-state index in [2.05, 4.69) is 15.3 Å². The summed E-state index contributed by atoms with van der Waals surface area (Å²) in [5.41, 5.74) is 3.63. The molecule has 32 heavy (non-hydrogen) atoms. The fourth-order valence-electron chi connectivity index (χ4n) is 3.38. The van der Waals surface area contributed by atoms with Crippen LogP contribution in [0.2, 0.25) is 10.2 Å². The number of rotatable bonds is 7. The Morgan fingerprint density at radius 2 is 1.88 bits per heavy atom. The van der Waals surface area contributed by atoms with Gasteiger partial charge in [-0.25, -0.2) is 4.98 Å². The fourth-order valence-corrected chi connectivity index (χ4v) is 3.77. The second-order valence-corrected chi connectivity index (χ2v) is 8.68. The molecule has 1 aliphatic carbocycles. The van der Waals surface area contributed by atoms with Gasteiger partial charge in [0, 0.05) is 25.2 Å². The number of nitrogens with zero attached hydrogens (tertiary/aromatic N) is 3. The molecule has 1 aromatic carbocycles. The number of benzene rings is 1. The van der Waals surface area contributed by atoms with E-state index in [-0.39, 0.29) is 18.2 Å². The molecule has 2 heterocycles. The number of carbonyl (C=O) groups is 2. The molecule has 0 saturated heterocycles. The van der Waals surface area contributed by atoms with Crippen LogP contribution in [0.3, 0.4) is 0 Å². The molecule has 4 rings (SSSR count). The van der Waals surface area contributed by atoms with Crippen LogP contribution in [0.5, 0.6) is 0 Å². The Morgan fingerprint density at radius 1 is 1.06 bits per heavy atom. The first kappa shape index (κ1) is 22.2. The van der Waals surface area contributed by atoms with Gasteiger partial charge in [0.1, 0.15) is 5.15 Å². The van der Waals surface area contributed by atoms with Gasteiger partial charge in [0.05, 0.1) is 34.7 Å². The first-order chi connectivity index (χ1) is 15.4. The minimum atomic E-state index is -0.170. The number of carbonyl (C=O) groups excluding carboxylic acids is 2. The molecule has 2 amide bonds. The molecule has 164 valence electrons. The average Bonchev–Trinajstić information content (AvgIpc) is 3.59. The highest BCUT2D eigenvalue weighted by atomic mass is 35.5. The Labute approximate surface area is 196 Å². The van der Waals surface area contributed by atoms with Crippen LogP contribution in [-0.2, 0) is 16.0 Å². The summed E-state index contributed by atoms with van der Waals surface area (Å²) in [6.07, 6.45) is 5.68. The molecule has 6 nitrogen and oxygen atoms in total. The van der Waals surface area contributed by atoms with Gasteiger partial charge >= 0.3 is 0 Å². The van der Waals surface area contributed by atoms with Crippen LogP contribution in [0.1, 0.15) is 25.3 Å². The number of aromatic nitrogens is 2. The van der Waals surface area contributed by atoms with Crippen molar-refractivity contribution < 1.29 is 9.59 Å². The summed E-state index contributed by atoms with van der Waals surface area (Å²) in [5.74, 6) is 0.380. The highest BCUT2D eigenvalue weighted by Crippen LogP contribution is 2.35. The molecule has 1 fully saturated rings. The Bertz CT molecular complexity index is 1130. The van der Waals surface area contributed by atoms with E-state index >= 15 is 0 Å². The van der Waals surface area contributed by atoms with E-state index in [9.17, 15) is 9.59 Å². The number of halogens is 2. The van der Waals surface area contributed by atoms with Crippen LogP contribution in [0, 0.1) is 5.92 Å². The molecule has 8 heteroatoms. The molecule has 0 aliphatic heterocycles. The monoisotopic (exact) mass is 468 g/mol. The standard InChI is InChI=1S/C24H22Cl2N4O2/c1-15(31)30(14-16-2-3-16)22-8-5-18(11-20(22)25)21-7-6-19(13-27-21)29-24(32)10-17-4-9-23(26)28-12-17/h4-9,11-13,16H,2-3,10,14H2,1H3,(H,29,32). The molecule has 1 aliphatic rings. The number of pyridine rings is 2. The highest BCUT2D eigenvalue weighted by Gasteiger charge is 2.27. The zero-order valence-electron chi connectivity index (χ0n) is 17.5. The van der Waals surface area contributed by atoms with Gasteiger partial charge in [-0.3, -0.25) is 14.6 Å². The third kappa shape index (κ3) is 5.64. The summed E-state index contributed by atoms with van der Waals surface area (Å²) in [6, 6.07) is 12.6. The lowest BCUT2D eigenvalue weighted by Gasteiger charge is -2.22. The predicted molar refractivity (Wildman–Crippen MR) is 127 cm³/mol. The van der Waals surface area contributed by atoms with Crippen molar-refractivity contribution in [1.82, 2.24) is 9.97 Å². The SMILES string of the molecule is CC(=O)N(CC1CC1)c1ccc(-c2ccc(NC(=O)Cc3ccc(Cl)nc3)cn2)cc1Cl. The topological polar surface area (TPSA) is 75.2 Å². The maximum Gasteiger partial charge on any atom is 0.228 e. The van der Waals surface area contributed by atoms with Crippen molar-refractivity contribution in [2.24, 2.45) is 5.92 Å². The van der Waals surface area contributed by atoms with Gasteiger partial charge in [-0.15, -0.1) is 0 Å². The minimum Gasteiger partial charge on any atom is -0.324 e. The Hall–Kier alpha value is -2.96. The minimum absolute atomic E-state index is 0.0147. The first-order valence-electron chi connectivity index (χ1n) is 10.3. The predicted octanol–water partition coefficient (Wildman–Crippen LogP) is 5.39. The lowest BCUT2D eigenvalue weighted by Crippen LogP contribution is -2.30. The largest absolute Gasteiger partial charge is 0.324 e. The first-order valence-corrected chi connectivity index (χ1v) is 11.1. The number of amides is 2. The van der Waals surface area contributed by atoms with E-state index in [4.69, 9.17) is 23.2 Å². The zero-order chi connectivity index (χ0) is 22.7. The molecule has 0 radical (unpaired) electrons. The van der Waals surface area contributed by atoms with E-state index in [0.29, 0.717) is 28.3 Å². The molecule has 1 saturated carbocycles. The molecule has 3 aromatic rings. The summed E-state index contributed by atoms with van der Waals surface area (Å²) in [5, 5.41) is 3.72. The smallest absolute Gasteiger partial charge is 0.228 e. The number of hydrogen-bond donors (Lipinski definition) is 1. The van der Waals surface area contributed by atoms with E-state index in [1.807, 2.05) is 24.3 Å². The summed E-state index contributed by atoms with van der Waals surface area (Å²) >= 11 is 12.3. The van der Waals surface area contributed by atoms with Crippen molar-refractivity contribution in [2.45, 2.75) is 26.2 Å². The van der Waals surface area contributed by atoms with Crippen LogP contribution in [0.4, 0.5) is 11.4 Å². The molecule has 0 bridgehead atoms. The number of anilines is 2. The van der Waals surface area contributed by atoms with Crippen molar-refractivity contribution >= 4 is 46.4 Å². The molecule has 1 N–H and O–H groups in total. The van der Waals surface area contributed by atoms with Crippen LogP contribution < -0.4 is 10.2 Å². The van der Waals surface area contributed by atoms with Crippen molar-refractivity contribution in [3.8, 4) is 11.3 Å².